The van der Waals surface area contributed by atoms with E-state index >= 15 is 0 Å². The van der Waals surface area contributed by atoms with Gasteiger partial charge in [-0.25, -0.2) is 9.78 Å². The van der Waals surface area contributed by atoms with E-state index in [1.54, 1.807) is 41.3 Å². The molecule has 0 radical (unpaired) electrons. The van der Waals surface area contributed by atoms with Gasteiger partial charge in [0.05, 0.1) is 38.2 Å². The standard InChI is InChI=1S/C29H30N6O4/c1-3-34-26-20(17-31-27-25(26)8-9-30-27)18-35(29(34)37)23-14-19(15-24(16-23)38-2)28(36)32-21-4-6-22(7-5-21)33-10-12-39-13-11-33/h4-9,14-17H,3,10-13,18H2,1-2H3,(H,30,31)(H,32,36). The molecule has 2 N–H and O–H groups in total. The molecule has 0 unspecified atom stereocenters. The molecule has 10 nitrogen and oxygen atoms in total. The SMILES string of the molecule is CCN1C(=O)N(c2cc(OC)cc(C(=O)Nc3ccc(N4CCOCC4)cc3)c2)Cc2cnc3[nH]ccc3c21. The van der Waals surface area contributed by atoms with Gasteiger partial charge in [-0.05, 0) is 49.4 Å². The summed E-state index contributed by atoms with van der Waals surface area (Å²) in [6.45, 7) is 5.88. The number of pyridine rings is 1. The Morgan fingerprint density at radius 2 is 1.90 bits per heavy atom. The van der Waals surface area contributed by atoms with Crippen LogP contribution in [0.4, 0.5) is 27.5 Å². The fourth-order valence-electron chi connectivity index (χ4n) is 5.21. The average Bonchev–Trinajstić information content (AvgIpc) is 3.47. The number of nitrogens with zero attached hydrogens (tertiary/aromatic N) is 4. The Morgan fingerprint density at radius 3 is 2.64 bits per heavy atom. The van der Waals surface area contributed by atoms with Crippen LogP contribution in [0.5, 0.6) is 5.75 Å². The quantitative estimate of drug-likeness (QED) is 0.380. The monoisotopic (exact) mass is 526 g/mol. The second-order valence-corrected chi connectivity index (χ2v) is 9.51. The van der Waals surface area contributed by atoms with Gasteiger partial charge in [-0.3, -0.25) is 14.6 Å². The smallest absolute Gasteiger partial charge is 0.329 e. The van der Waals surface area contributed by atoms with Crippen LogP contribution in [0, 0.1) is 0 Å². The lowest BCUT2D eigenvalue weighted by atomic mass is 10.1. The largest absolute Gasteiger partial charge is 0.497 e. The van der Waals surface area contributed by atoms with Crippen LogP contribution in [0.25, 0.3) is 11.0 Å². The van der Waals surface area contributed by atoms with E-state index in [9.17, 15) is 9.59 Å². The number of fused-ring (bicyclic) bond motifs is 3. The number of ether oxygens (including phenoxy) is 2. The molecule has 1 saturated heterocycles. The maximum absolute atomic E-state index is 13.7. The zero-order valence-electron chi connectivity index (χ0n) is 21.9. The molecule has 3 amide bonds. The molecule has 2 aliphatic rings. The average molecular weight is 527 g/mol. The number of H-pyrrole nitrogens is 1. The van der Waals surface area contributed by atoms with Gasteiger partial charge in [0.15, 0.2) is 0 Å². The Balaban J connectivity index is 1.27. The van der Waals surface area contributed by atoms with Gasteiger partial charge in [-0.1, -0.05) is 0 Å². The van der Waals surface area contributed by atoms with Gasteiger partial charge in [0.25, 0.3) is 5.91 Å². The van der Waals surface area contributed by atoms with Crippen LogP contribution < -0.4 is 24.8 Å². The second-order valence-electron chi connectivity index (χ2n) is 9.51. The summed E-state index contributed by atoms with van der Waals surface area (Å²) >= 11 is 0. The van der Waals surface area contributed by atoms with Crippen molar-refractivity contribution in [3.05, 3.63) is 72.1 Å². The van der Waals surface area contributed by atoms with Gasteiger partial charge in [0.2, 0.25) is 0 Å². The lowest BCUT2D eigenvalue weighted by Gasteiger charge is -2.37. The first-order chi connectivity index (χ1) is 19.1. The van der Waals surface area contributed by atoms with E-state index in [1.165, 1.54) is 0 Å². The van der Waals surface area contributed by atoms with E-state index < -0.39 is 0 Å². The highest BCUT2D eigenvalue weighted by Gasteiger charge is 2.33. The van der Waals surface area contributed by atoms with Crippen LogP contribution in [0.1, 0.15) is 22.8 Å². The number of rotatable bonds is 6. The number of hydrogen-bond acceptors (Lipinski definition) is 6. The van der Waals surface area contributed by atoms with Crippen molar-refractivity contribution in [2.24, 2.45) is 0 Å². The molecule has 0 spiro atoms. The molecule has 2 aromatic heterocycles. The zero-order chi connectivity index (χ0) is 26.9. The lowest BCUT2D eigenvalue weighted by Crippen LogP contribution is -2.47. The number of amides is 3. The normalized spacial score (nSPS) is 15.4. The molecule has 4 aromatic rings. The Labute approximate surface area is 226 Å². The molecular formula is C29H30N6O4. The molecule has 0 bridgehead atoms. The van der Waals surface area contributed by atoms with Crippen LogP contribution in [0.3, 0.4) is 0 Å². The highest BCUT2D eigenvalue weighted by molar-refractivity contribution is 6.12. The van der Waals surface area contributed by atoms with Crippen LogP contribution in [0.2, 0.25) is 0 Å². The van der Waals surface area contributed by atoms with Gasteiger partial charge in [-0.15, -0.1) is 0 Å². The molecule has 2 aromatic carbocycles. The number of nitrogens with one attached hydrogen (secondary N) is 2. The van der Waals surface area contributed by atoms with Gasteiger partial charge in [-0.2, -0.15) is 0 Å². The summed E-state index contributed by atoms with van der Waals surface area (Å²) < 4.78 is 10.9. The highest BCUT2D eigenvalue weighted by Crippen LogP contribution is 2.37. The minimum absolute atomic E-state index is 0.169. The number of methoxy groups -OCH3 is 1. The summed E-state index contributed by atoms with van der Waals surface area (Å²) in [6.07, 6.45) is 3.62. The van der Waals surface area contributed by atoms with Crippen molar-refractivity contribution in [2.45, 2.75) is 13.5 Å². The molecule has 200 valence electrons. The van der Waals surface area contributed by atoms with Crippen LogP contribution in [-0.4, -0.2) is 61.9 Å². The molecule has 10 heteroatoms. The molecule has 0 atom stereocenters. The molecule has 0 aliphatic carbocycles. The van der Waals surface area contributed by atoms with Crippen molar-refractivity contribution in [1.29, 1.82) is 0 Å². The molecular weight excluding hydrogens is 496 g/mol. The molecule has 1 fully saturated rings. The van der Waals surface area contributed by atoms with Gasteiger partial charge in [0, 0.05) is 66.0 Å². The third-order valence-corrected chi connectivity index (χ3v) is 7.21. The van der Waals surface area contributed by atoms with Crippen molar-refractivity contribution in [2.75, 3.05) is 60.0 Å². The van der Waals surface area contributed by atoms with Crippen molar-refractivity contribution >= 4 is 45.7 Å². The van der Waals surface area contributed by atoms with E-state index in [-0.39, 0.29) is 11.9 Å². The summed E-state index contributed by atoms with van der Waals surface area (Å²) in [7, 11) is 1.55. The summed E-state index contributed by atoms with van der Waals surface area (Å²) in [4.78, 5) is 40.3. The van der Waals surface area contributed by atoms with Crippen LogP contribution in [-0.2, 0) is 11.3 Å². The number of aromatic nitrogens is 2. The predicted molar refractivity (Wildman–Crippen MR) is 151 cm³/mol. The molecule has 0 saturated carbocycles. The summed E-state index contributed by atoms with van der Waals surface area (Å²) in [5, 5.41) is 3.88. The minimum atomic E-state index is -0.290. The Bertz CT molecular complexity index is 1530. The number of hydrogen-bond donors (Lipinski definition) is 2. The summed E-state index contributed by atoms with van der Waals surface area (Å²) in [5.41, 5.74) is 5.28. The van der Waals surface area contributed by atoms with Crippen molar-refractivity contribution in [1.82, 2.24) is 9.97 Å². The highest BCUT2D eigenvalue weighted by atomic mass is 16.5. The van der Waals surface area contributed by atoms with Crippen LogP contribution >= 0.6 is 0 Å². The van der Waals surface area contributed by atoms with Gasteiger partial charge < -0.3 is 24.7 Å². The minimum Gasteiger partial charge on any atom is -0.497 e. The lowest BCUT2D eigenvalue weighted by molar-refractivity contribution is 0.102. The third kappa shape index (κ3) is 4.63. The Morgan fingerprint density at radius 1 is 1.10 bits per heavy atom. The number of anilines is 4. The fraction of sp³-hybridized carbons (Fsp3) is 0.276. The second kappa shape index (κ2) is 10.3. The van der Waals surface area contributed by atoms with Gasteiger partial charge in [0.1, 0.15) is 11.4 Å². The first kappa shape index (κ1) is 24.7. The summed E-state index contributed by atoms with van der Waals surface area (Å²) in [6, 6.07) is 14.7. The molecule has 4 heterocycles. The van der Waals surface area contributed by atoms with E-state index in [1.807, 2.05) is 43.5 Å². The predicted octanol–water partition coefficient (Wildman–Crippen LogP) is 4.63. The Hall–Kier alpha value is -4.57. The number of carbonyl (C=O) groups is 2. The number of aromatic amines is 1. The Kier molecular flexibility index (Phi) is 6.54. The van der Waals surface area contributed by atoms with E-state index in [0.29, 0.717) is 49.0 Å². The number of benzene rings is 2. The molecule has 2 aliphatic heterocycles. The first-order valence-electron chi connectivity index (χ1n) is 13.0. The van der Waals surface area contributed by atoms with Crippen LogP contribution in [0.15, 0.2) is 60.9 Å². The van der Waals surface area contributed by atoms with E-state index in [0.717, 1.165) is 41.1 Å². The maximum atomic E-state index is 13.7. The number of carbonyl (C=O) groups excluding carboxylic acids is 2. The number of morpholine rings is 1. The van der Waals surface area contributed by atoms with Crippen molar-refractivity contribution < 1.29 is 19.1 Å². The van der Waals surface area contributed by atoms with Crippen molar-refractivity contribution in [3.63, 3.8) is 0 Å². The van der Waals surface area contributed by atoms with E-state index in [2.05, 4.69) is 20.2 Å². The topological polar surface area (TPSA) is 103 Å². The number of urea groups is 1. The third-order valence-electron chi connectivity index (χ3n) is 7.21. The fourth-order valence-corrected chi connectivity index (χ4v) is 5.21. The van der Waals surface area contributed by atoms with Crippen molar-refractivity contribution in [3.8, 4) is 5.75 Å². The maximum Gasteiger partial charge on any atom is 0.329 e. The first-order valence-corrected chi connectivity index (χ1v) is 13.0. The molecule has 6 rings (SSSR count). The zero-order valence-corrected chi connectivity index (χ0v) is 21.9. The van der Waals surface area contributed by atoms with Gasteiger partial charge >= 0.3 is 6.03 Å². The van der Waals surface area contributed by atoms with E-state index in [4.69, 9.17) is 9.47 Å². The summed E-state index contributed by atoms with van der Waals surface area (Å²) in [5.74, 6) is 0.198. The molecule has 39 heavy (non-hydrogen) atoms.